The van der Waals surface area contributed by atoms with E-state index in [2.05, 4.69) is 30.2 Å². The lowest BCUT2D eigenvalue weighted by Gasteiger charge is -2.09. The molecule has 0 bridgehead atoms. The molecule has 0 fully saturated rings. The first-order chi connectivity index (χ1) is 8.28. The molecule has 0 aliphatic carbocycles. The number of hydrogen-bond donors (Lipinski definition) is 2. The topological polar surface area (TPSA) is 29.5 Å². The van der Waals surface area contributed by atoms with Gasteiger partial charge in [-0.3, -0.25) is 0 Å². The Labute approximate surface area is 101 Å². The Balaban J connectivity index is 2.10. The Morgan fingerprint density at radius 1 is 1.24 bits per heavy atom. The molecule has 2 aromatic rings. The van der Waals surface area contributed by atoms with Crippen molar-refractivity contribution < 1.29 is 9.64 Å². The van der Waals surface area contributed by atoms with Crippen LogP contribution in [0.15, 0.2) is 18.2 Å². The molecule has 0 amide bonds. The number of H-pyrrole nitrogens is 1. The van der Waals surface area contributed by atoms with Crippen LogP contribution in [0.4, 0.5) is 0 Å². The molecule has 1 unspecified atom stereocenters. The van der Waals surface area contributed by atoms with E-state index in [0.29, 0.717) is 0 Å². The Bertz CT molecular complexity index is 544. The number of likely N-dealkylation sites (N-methyl/N-ethyl adjacent to an activating group) is 1. The first-order valence-electron chi connectivity index (χ1n) is 6.26. The summed E-state index contributed by atoms with van der Waals surface area (Å²) in [5, 5.41) is 1.37. The minimum absolute atomic E-state index is 0.927. The minimum Gasteiger partial charge on any atom is -0.497 e. The molecule has 3 nitrogen and oxygen atoms in total. The Morgan fingerprint density at radius 3 is 2.88 bits per heavy atom. The zero-order valence-electron chi connectivity index (χ0n) is 10.5. The van der Waals surface area contributed by atoms with E-state index < -0.39 is 0 Å². The number of rotatable bonds is 1. The summed E-state index contributed by atoms with van der Waals surface area (Å²) >= 11 is 0. The highest BCUT2D eigenvalue weighted by atomic mass is 16.5. The van der Waals surface area contributed by atoms with Crippen molar-refractivity contribution in [3.05, 3.63) is 29.5 Å². The maximum absolute atomic E-state index is 5.27. The summed E-state index contributed by atoms with van der Waals surface area (Å²) in [7, 11) is 3.99. The number of aromatic nitrogens is 1. The number of quaternary nitrogens is 1. The van der Waals surface area contributed by atoms with Gasteiger partial charge in [-0.25, -0.2) is 0 Å². The molecule has 1 aliphatic heterocycles. The van der Waals surface area contributed by atoms with Crippen molar-refractivity contribution in [2.24, 2.45) is 0 Å². The van der Waals surface area contributed by atoms with Crippen LogP contribution in [0.1, 0.15) is 11.3 Å². The van der Waals surface area contributed by atoms with Gasteiger partial charge in [0.1, 0.15) is 5.75 Å². The summed E-state index contributed by atoms with van der Waals surface area (Å²) in [5.74, 6) is 0.927. The number of benzene rings is 1. The molecule has 3 heteroatoms. The zero-order chi connectivity index (χ0) is 11.8. The average molecular weight is 231 g/mol. The van der Waals surface area contributed by atoms with Gasteiger partial charge in [-0.1, -0.05) is 0 Å². The van der Waals surface area contributed by atoms with Gasteiger partial charge in [-0.15, -0.1) is 0 Å². The van der Waals surface area contributed by atoms with Crippen molar-refractivity contribution in [1.29, 1.82) is 0 Å². The van der Waals surface area contributed by atoms with Crippen LogP contribution in [0, 0.1) is 0 Å². The third-order valence-electron chi connectivity index (χ3n) is 3.81. The molecule has 0 saturated carbocycles. The molecule has 2 heterocycles. The normalized spacial score (nSPS) is 20.0. The second kappa shape index (κ2) is 4.08. The quantitative estimate of drug-likeness (QED) is 0.746. The molecule has 1 aromatic heterocycles. The second-order valence-corrected chi connectivity index (χ2v) is 4.95. The van der Waals surface area contributed by atoms with E-state index in [0.717, 1.165) is 12.2 Å². The molecule has 1 aromatic carbocycles. The van der Waals surface area contributed by atoms with Crippen LogP contribution >= 0.6 is 0 Å². The standard InChI is InChI=1S/C14H18N2O/c1-16-7-5-12-11-4-3-10(17-2)9-14(11)15-13(12)6-8-16/h3-4,9,15H,5-8H2,1-2H3/p+1. The van der Waals surface area contributed by atoms with E-state index in [-0.39, 0.29) is 0 Å². The Kier molecular flexibility index (Phi) is 2.56. The number of nitrogens with one attached hydrogen (secondary N) is 2. The first-order valence-corrected chi connectivity index (χ1v) is 6.26. The Morgan fingerprint density at radius 2 is 2.06 bits per heavy atom. The van der Waals surface area contributed by atoms with E-state index >= 15 is 0 Å². The van der Waals surface area contributed by atoms with Gasteiger partial charge in [0, 0.05) is 35.5 Å². The SMILES string of the molecule is COc1ccc2c3c([nH]c2c1)CC[NH+](C)CC3. The van der Waals surface area contributed by atoms with Gasteiger partial charge in [-0.2, -0.15) is 0 Å². The zero-order valence-corrected chi connectivity index (χ0v) is 10.5. The highest BCUT2D eigenvalue weighted by molar-refractivity contribution is 5.86. The molecule has 90 valence electrons. The van der Waals surface area contributed by atoms with Gasteiger partial charge in [0.25, 0.3) is 0 Å². The van der Waals surface area contributed by atoms with Crippen LogP contribution in [0.3, 0.4) is 0 Å². The van der Waals surface area contributed by atoms with Crippen LogP contribution in [0.2, 0.25) is 0 Å². The molecule has 0 spiro atoms. The van der Waals surface area contributed by atoms with E-state index in [4.69, 9.17) is 4.74 Å². The van der Waals surface area contributed by atoms with Gasteiger partial charge in [0.2, 0.25) is 0 Å². The molecule has 1 atom stereocenters. The maximum atomic E-state index is 5.27. The summed E-state index contributed by atoms with van der Waals surface area (Å²) in [6.45, 7) is 2.45. The highest BCUT2D eigenvalue weighted by Gasteiger charge is 2.18. The van der Waals surface area contributed by atoms with E-state index in [9.17, 15) is 0 Å². The second-order valence-electron chi connectivity index (χ2n) is 4.95. The summed E-state index contributed by atoms with van der Waals surface area (Å²) in [6, 6.07) is 6.34. The average Bonchev–Trinajstić information content (AvgIpc) is 2.60. The van der Waals surface area contributed by atoms with Gasteiger partial charge in [0.15, 0.2) is 0 Å². The van der Waals surface area contributed by atoms with Crippen molar-refractivity contribution in [2.75, 3.05) is 27.2 Å². The van der Waals surface area contributed by atoms with E-state index in [1.807, 2.05) is 0 Å². The summed E-state index contributed by atoms with van der Waals surface area (Å²) in [6.07, 6.45) is 2.33. The summed E-state index contributed by atoms with van der Waals surface area (Å²) < 4.78 is 5.27. The fourth-order valence-corrected chi connectivity index (χ4v) is 2.72. The molecular weight excluding hydrogens is 212 g/mol. The number of aromatic amines is 1. The van der Waals surface area contributed by atoms with E-state index in [1.54, 1.807) is 12.0 Å². The molecule has 0 radical (unpaired) electrons. The van der Waals surface area contributed by atoms with Gasteiger partial charge >= 0.3 is 0 Å². The summed E-state index contributed by atoms with van der Waals surface area (Å²) in [4.78, 5) is 5.18. The monoisotopic (exact) mass is 231 g/mol. The number of fused-ring (bicyclic) bond motifs is 3. The van der Waals surface area contributed by atoms with Crippen LogP contribution in [0.25, 0.3) is 10.9 Å². The number of hydrogen-bond acceptors (Lipinski definition) is 1. The van der Waals surface area contributed by atoms with E-state index in [1.165, 1.54) is 41.7 Å². The summed E-state index contributed by atoms with van der Waals surface area (Å²) in [5.41, 5.74) is 4.15. The predicted molar refractivity (Wildman–Crippen MR) is 68.9 cm³/mol. The third kappa shape index (κ3) is 1.80. The molecule has 3 rings (SSSR count). The van der Waals surface area contributed by atoms with Crippen LogP contribution in [-0.4, -0.2) is 32.2 Å². The minimum atomic E-state index is 0.927. The Hall–Kier alpha value is -1.48. The fourth-order valence-electron chi connectivity index (χ4n) is 2.72. The van der Waals surface area contributed by atoms with Gasteiger partial charge in [-0.05, 0) is 17.7 Å². The number of methoxy groups -OCH3 is 1. The molecule has 17 heavy (non-hydrogen) atoms. The van der Waals surface area contributed by atoms with Gasteiger partial charge in [0.05, 0.1) is 27.2 Å². The van der Waals surface area contributed by atoms with Crippen molar-refractivity contribution in [3.8, 4) is 5.75 Å². The lowest BCUT2D eigenvalue weighted by molar-refractivity contribution is -0.878. The highest BCUT2D eigenvalue weighted by Crippen LogP contribution is 2.27. The van der Waals surface area contributed by atoms with Crippen molar-refractivity contribution in [3.63, 3.8) is 0 Å². The smallest absolute Gasteiger partial charge is 0.120 e. The number of ether oxygens (including phenoxy) is 1. The lowest BCUT2D eigenvalue weighted by atomic mass is 10.1. The first kappa shape index (κ1) is 10.7. The maximum Gasteiger partial charge on any atom is 0.120 e. The van der Waals surface area contributed by atoms with Crippen molar-refractivity contribution in [1.82, 2.24) is 4.98 Å². The molecule has 1 aliphatic rings. The van der Waals surface area contributed by atoms with Crippen LogP contribution in [0.5, 0.6) is 5.75 Å². The fraction of sp³-hybridized carbons (Fsp3) is 0.429. The van der Waals surface area contributed by atoms with Crippen molar-refractivity contribution in [2.45, 2.75) is 12.8 Å². The van der Waals surface area contributed by atoms with Crippen LogP contribution < -0.4 is 9.64 Å². The van der Waals surface area contributed by atoms with Gasteiger partial charge < -0.3 is 14.6 Å². The third-order valence-corrected chi connectivity index (χ3v) is 3.81. The molecular formula is C14H19N2O+. The molecule has 0 saturated heterocycles. The largest absolute Gasteiger partial charge is 0.497 e. The predicted octanol–water partition coefficient (Wildman–Crippen LogP) is 0.790. The molecule has 2 N–H and O–H groups in total. The van der Waals surface area contributed by atoms with Crippen molar-refractivity contribution >= 4 is 10.9 Å². The van der Waals surface area contributed by atoms with Crippen LogP contribution in [-0.2, 0) is 12.8 Å². The lowest BCUT2D eigenvalue weighted by Crippen LogP contribution is -3.09.